The van der Waals surface area contributed by atoms with Crippen molar-refractivity contribution in [1.29, 1.82) is 0 Å². The van der Waals surface area contributed by atoms with Crippen molar-refractivity contribution in [3.8, 4) is 0 Å². The largest absolute Gasteiger partial charge is 0.354 e. The van der Waals surface area contributed by atoms with Gasteiger partial charge in [0.2, 0.25) is 5.91 Å². The molecule has 1 aliphatic heterocycles. The Kier molecular flexibility index (Phi) is 7.41. The Bertz CT molecular complexity index is 172. The molecule has 0 unspecified atom stereocenters. The van der Waals surface area contributed by atoms with Gasteiger partial charge in [0.05, 0.1) is 6.04 Å². The molecule has 1 atom stereocenters. The number of rotatable bonds is 3. The van der Waals surface area contributed by atoms with Gasteiger partial charge >= 0.3 is 0 Å². The zero-order chi connectivity index (χ0) is 9.68. The van der Waals surface area contributed by atoms with Gasteiger partial charge in [-0.2, -0.15) is 11.8 Å². The highest BCUT2D eigenvalue weighted by atomic mass is 35.5. The standard InChI is InChI=1S/C9H18N2OS.ClH/c1-7(10)9(12)11-6-8-2-4-13-5-3-8;/h7-8H,2-6,10H2,1H3,(H,11,12);1H/t7-;/m1./s1. The maximum absolute atomic E-state index is 11.1. The fraction of sp³-hybridized carbons (Fsp3) is 0.889. The molecule has 0 saturated carbocycles. The topological polar surface area (TPSA) is 55.1 Å². The van der Waals surface area contributed by atoms with Crippen molar-refractivity contribution < 1.29 is 4.79 Å². The fourth-order valence-corrected chi connectivity index (χ4v) is 2.56. The number of amides is 1. The quantitative estimate of drug-likeness (QED) is 0.772. The van der Waals surface area contributed by atoms with Crippen LogP contribution in [0, 0.1) is 5.92 Å². The second kappa shape index (κ2) is 7.37. The SMILES string of the molecule is C[C@@H](N)C(=O)NCC1CCSCC1.Cl. The van der Waals surface area contributed by atoms with E-state index < -0.39 is 0 Å². The summed E-state index contributed by atoms with van der Waals surface area (Å²) >= 11 is 2.00. The van der Waals surface area contributed by atoms with Gasteiger partial charge in [-0.15, -0.1) is 12.4 Å². The summed E-state index contributed by atoms with van der Waals surface area (Å²) in [5.74, 6) is 3.11. The summed E-state index contributed by atoms with van der Waals surface area (Å²) in [4.78, 5) is 11.1. The number of thioether (sulfide) groups is 1. The molecule has 1 rings (SSSR count). The Balaban J connectivity index is 0.00000169. The fourth-order valence-electron chi connectivity index (χ4n) is 1.36. The van der Waals surface area contributed by atoms with Crippen molar-refractivity contribution in [3.05, 3.63) is 0 Å². The Labute approximate surface area is 96.0 Å². The molecule has 84 valence electrons. The monoisotopic (exact) mass is 238 g/mol. The van der Waals surface area contributed by atoms with Crippen molar-refractivity contribution in [2.24, 2.45) is 11.7 Å². The molecular formula is C9H19ClN2OS. The smallest absolute Gasteiger partial charge is 0.236 e. The first-order chi connectivity index (χ1) is 6.20. The molecule has 14 heavy (non-hydrogen) atoms. The van der Waals surface area contributed by atoms with E-state index in [1.54, 1.807) is 6.92 Å². The first kappa shape index (κ1) is 14.1. The lowest BCUT2D eigenvalue weighted by molar-refractivity contribution is -0.122. The highest BCUT2D eigenvalue weighted by molar-refractivity contribution is 7.99. The molecule has 0 radical (unpaired) electrons. The van der Waals surface area contributed by atoms with Crippen LogP contribution in [-0.4, -0.2) is 30.0 Å². The molecule has 0 spiro atoms. The van der Waals surface area contributed by atoms with Crippen LogP contribution in [-0.2, 0) is 4.79 Å². The molecule has 0 aromatic carbocycles. The minimum atomic E-state index is -0.377. The van der Waals surface area contributed by atoms with Crippen molar-refractivity contribution in [2.75, 3.05) is 18.1 Å². The van der Waals surface area contributed by atoms with Crippen LogP contribution in [0.2, 0.25) is 0 Å². The molecule has 0 aliphatic carbocycles. The third-order valence-electron chi connectivity index (χ3n) is 2.32. The summed E-state index contributed by atoms with van der Waals surface area (Å²) < 4.78 is 0. The number of hydrogen-bond donors (Lipinski definition) is 2. The molecule has 0 aromatic heterocycles. The maximum atomic E-state index is 11.1. The lowest BCUT2D eigenvalue weighted by Gasteiger charge is -2.21. The van der Waals surface area contributed by atoms with Crippen LogP contribution < -0.4 is 11.1 Å². The number of halogens is 1. The summed E-state index contributed by atoms with van der Waals surface area (Å²) in [5.41, 5.74) is 5.44. The van der Waals surface area contributed by atoms with Gasteiger partial charge in [0, 0.05) is 6.54 Å². The van der Waals surface area contributed by atoms with Crippen molar-refractivity contribution >= 4 is 30.1 Å². The summed E-state index contributed by atoms with van der Waals surface area (Å²) in [6, 6.07) is -0.377. The van der Waals surface area contributed by atoms with Crippen LogP contribution in [0.3, 0.4) is 0 Å². The van der Waals surface area contributed by atoms with Gasteiger partial charge in [0.25, 0.3) is 0 Å². The summed E-state index contributed by atoms with van der Waals surface area (Å²) in [6.45, 7) is 2.52. The summed E-state index contributed by atoms with van der Waals surface area (Å²) in [6.07, 6.45) is 2.45. The van der Waals surface area contributed by atoms with Crippen molar-refractivity contribution in [3.63, 3.8) is 0 Å². The average molecular weight is 239 g/mol. The second-order valence-corrected chi connectivity index (χ2v) is 4.81. The molecule has 0 bridgehead atoms. The lowest BCUT2D eigenvalue weighted by atomic mass is 10.0. The minimum absolute atomic E-state index is 0. The summed E-state index contributed by atoms with van der Waals surface area (Å²) in [5, 5.41) is 2.88. The van der Waals surface area contributed by atoms with E-state index >= 15 is 0 Å². The van der Waals surface area contributed by atoms with Gasteiger partial charge in [-0.1, -0.05) is 0 Å². The Morgan fingerprint density at radius 2 is 2.14 bits per heavy atom. The third-order valence-corrected chi connectivity index (χ3v) is 3.37. The average Bonchev–Trinajstić information content (AvgIpc) is 2.15. The zero-order valence-electron chi connectivity index (χ0n) is 8.49. The number of hydrogen-bond acceptors (Lipinski definition) is 3. The van der Waals surface area contributed by atoms with E-state index in [9.17, 15) is 4.79 Å². The number of carbonyl (C=O) groups is 1. The molecule has 1 saturated heterocycles. The Hall–Kier alpha value is 0.0700. The predicted octanol–water partition coefficient (Wildman–Crippen LogP) is 1.01. The minimum Gasteiger partial charge on any atom is -0.354 e. The van der Waals surface area contributed by atoms with Crippen LogP contribution >= 0.6 is 24.2 Å². The first-order valence-corrected chi connectivity index (χ1v) is 5.96. The second-order valence-electron chi connectivity index (χ2n) is 3.59. The molecule has 5 heteroatoms. The molecular weight excluding hydrogens is 220 g/mol. The van der Waals surface area contributed by atoms with Gasteiger partial charge < -0.3 is 11.1 Å². The van der Waals surface area contributed by atoms with Gasteiger partial charge in [-0.05, 0) is 37.2 Å². The number of nitrogens with two attached hydrogens (primary N) is 1. The van der Waals surface area contributed by atoms with E-state index in [4.69, 9.17) is 5.73 Å². The van der Waals surface area contributed by atoms with Gasteiger partial charge in [0.15, 0.2) is 0 Å². The van der Waals surface area contributed by atoms with Crippen molar-refractivity contribution in [1.82, 2.24) is 5.32 Å². The van der Waals surface area contributed by atoms with Crippen LogP contribution in [0.15, 0.2) is 0 Å². The Morgan fingerprint density at radius 3 is 2.64 bits per heavy atom. The molecule has 3 nitrogen and oxygen atoms in total. The molecule has 0 aromatic rings. The van der Waals surface area contributed by atoms with E-state index in [1.165, 1.54) is 24.3 Å². The molecule has 1 heterocycles. The molecule has 1 amide bonds. The van der Waals surface area contributed by atoms with E-state index in [2.05, 4.69) is 5.32 Å². The third kappa shape index (κ3) is 5.08. The van der Waals surface area contributed by atoms with Gasteiger partial charge in [-0.3, -0.25) is 4.79 Å². The predicted molar refractivity (Wildman–Crippen MR) is 64.0 cm³/mol. The van der Waals surface area contributed by atoms with Gasteiger partial charge in [0.1, 0.15) is 0 Å². The van der Waals surface area contributed by atoms with E-state index in [-0.39, 0.29) is 24.4 Å². The van der Waals surface area contributed by atoms with Crippen LogP contribution in [0.25, 0.3) is 0 Å². The molecule has 1 fully saturated rings. The maximum Gasteiger partial charge on any atom is 0.236 e. The van der Waals surface area contributed by atoms with E-state index in [0.29, 0.717) is 5.92 Å². The molecule has 3 N–H and O–H groups in total. The van der Waals surface area contributed by atoms with E-state index in [0.717, 1.165) is 6.54 Å². The van der Waals surface area contributed by atoms with Crippen LogP contribution in [0.1, 0.15) is 19.8 Å². The first-order valence-electron chi connectivity index (χ1n) is 4.81. The lowest BCUT2D eigenvalue weighted by Crippen LogP contribution is -2.40. The number of nitrogens with one attached hydrogen (secondary N) is 1. The number of carbonyl (C=O) groups excluding carboxylic acids is 1. The summed E-state index contributed by atoms with van der Waals surface area (Å²) in [7, 11) is 0. The Morgan fingerprint density at radius 1 is 1.57 bits per heavy atom. The highest BCUT2D eigenvalue weighted by Gasteiger charge is 2.15. The van der Waals surface area contributed by atoms with Crippen LogP contribution in [0.4, 0.5) is 0 Å². The molecule has 1 aliphatic rings. The zero-order valence-corrected chi connectivity index (χ0v) is 10.1. The van der Waals surface area contributed by atoms with Gasteiger partial charge in [-0.25, -0.2) is 0 Å². The van der Waals surface area contributed by atoms with E-state index in [1.807, 2.05) is 11.8 Å². The highest BCUT2D eigenvalue weighted by Crippen LogP contribution is 2.21. The normalized spacial score (nSPS) is 19.6. The van der Waals surface area contributed by atoms with Crippen LogP contribution in [0.5, 0.6) is 0 Å². The van der Waals surface area contributed by atoms with Crippen molar-refractivity contribution in [2.45, 2.75) is 25.8 Å².